The number of unbranched alkanes of at least 4 members (excludes halogenated alkanes) is 3. The second kappa shape index (κ2) is 6.69. The molecule has 0 saturated heterocycles. The summed E-state index contributed by atoms with van der Waals surface area (Å²) in [5.41, 5.74) is 0. The summed E-state index contributed by atoms with van der Waals surface area (Å²) in [6.07, 6.45) is 6.33. The van der Waals surface area contributed by atoms with Crippen LogP contribution in [0.25, 0.3) is 0 Å². The highest BCUT2D eigenvalue weighted by Gasteiger charge is 2.05. The molecule has 0 aromatic rings. The minimum Gasteiger partial charge on any atom is -0.0625 e. The van der Waals surface area contributed by atoms with Crippen LogP contribution in [0.5, 0.6) is 0 Å². The zero-order valence-corrected chi connectivity index (χ0v) is 8.10. The molecule has 0 heterocycles. The highest BCUT2D eigenvalue weighted by molar-refractivity contribution is 4.64. The van der Waals surface area contributed by atoms with Crippen molar-refractivity contribution in [3.63, 3.8) is 0 Å². The Labute approximate surface area is 72.4 Å². The van der Waals surface area contributed by atoms with Gasteiger partial charge in [0.2, 0.25) is 0 Å². The lowest BCUT2D eigenvalue weighted by Gasteiger charge is -2.14. The van der Waals surface area contributed by atoms with Crippen molar-refractivity contribution in [2.45, 2.75) is 46.0 Å². The van der Waals surface area contributed by atoms with E-state index in [1.165, 1.54) is 25.7 Å². The zero-order valence-electron chi connectivity index (χ0n) is 8.10. The Morgan fingerprint density at radius 3 is 2.18 bits per heavy atom. The molecular formula is C11H22. The first-order valence-electron chi connectivity index (χ1n) is 4.80. The summed E-state index contributed by atoms with van der Waals surface area (Å²) < 4.78 is 0. The first kappa shape index (κ1) is 11.0. The predicted octanol–water partition coefficient (Wildman–Crippen LogP) is 3.88. The molecule has 66 valence electrons. The first-order chi connectivity index (χ1) is 5.18. The fourth-order valence-electron chi connectivity index (χ4n) is 1.09. The fourth-order valence-corrected chi connectivity index (χ4v) is 1.09. The van der Waals surface area contributed by atoms with E-state index in [1.54, 1.807) is 0 Å². The summed E-state index contributed by atoms with van der Waals surface area (Å²) >= 11 is 0. The molecule has 0 aromatic heterocycles. The topological polar surface area (TPSA) is 0 Å². The Balaban J connectivity index is 3.10. The minimum absolute atomic E-state index is 0.653. The van der Waals surface area contributed by atoms with Crippen molar-refractivity contribution in [1.29, 1.82) is 0 Å². The van der Waals surface area contributed by atoms with Gasteiger partial charge in [-0.25, -0.2) is 0 Å². The van der Waals surface area contributed by atoms with E-state index in [-0.39, 0.29) is 0 Å². The molecule has 0 fully saturated rings. The molecule has 0 heteroatoms. The van der Waals surface area contributed by atoms with Gasteiger partial charge in [0.1, 0.15) is 0 Å². The third kappa shape index (κ3) is 6.40. The van der Waals surface area contributed by atoms with Gasteiger partial charge in [-0.05, 0) is 18.8 Å². The van der Waals surface area contributed by atoms with Crippen LogP contribution < -0.4 is 0 Å². The quantitative estimate of drug-likeness (QED) is 0.509. The van der Waals surface area contributed by atoms with Crippen LogP contribution in [0.15, 0.2) is 0 Å². The lowest BCUT2D eigenvalue weighted by atomic mass is 9.92. The van der Waals surface area contributed by atoms with Crippen LogP contribution in [0.3, 0.4) is 0 Å². The Morgan fingerprint density at radius 2 is 1.73 bits per heavy atom. The van der Waals surface area contributed by atoms with Gasteiger partial charge in [0.15, 0.2) is 0 Å². The van der Waals surface area contributed by atoms with Gasteiger partial charge < -0.3 is 0 Å². The Morgan fingerprint density at radius 1 is 1.09 bits per heavy atom. The van der Waals surface area contributed by atoms with Gasteiger partial charge >= 0.3 is 0 Å². The highest BCUT2D eigenvalue weighted by Crippen LogP contribution is 2.17. The molecule has 0 bridgehead atoms. The molecule has 0 amide bonds. The highest BCUT2D eigenvalue weighted by atomic mass is 14.1. The SMILES string of the molecule is [CH2]CCCCCC([CH2])C(C)C. The molecule has 0 aliphatic carbocycles. The molecule has 0 nitrogen and oxygen atoms in total. The minimum atomic E-state index is 0.653. The zero-order chi connectivity index (χ0) is 8.69. The Bertz CT molecular complexity index is 74.1. The standard InChI is InChI=1S/C11H22/c1-5-6-7-8-9-11(4)10(2)3/h10-11H,1,4-9H2,2-3H3. The van der Waals surface area contributed by atoms with Crippen molar-refractivity contribution in [2.24, 2.45) is 11.8 Å². The van der Waals surface area contributed by atoms with E-state index >= 15 is 0 Å². The summed E-state index contributed by atoms with van der Waals surface area (Å²) in [6.45, 7) is 12.4. The van der Waals surface area contributed by atoms with Crippen molar-refractivity contribution >= 4 is 0 Å². The molecule has 1 atom stereocenters. The number of hydrogen-bond acceptors (Lipinski definition) is 0. The van der Waals surface area contributed by atoms with E-state index in [9.17, 15) is 0 Å². The van der Waals surface area contributed by atoms with Crippen molar-refractivity contribution in [3.05, 3.63) is 13.8 Å². The number of hydrogen-bond donors (Lipinski definition) is 0. The Hall–Kier alpha value is 0. The summed E-state index contributed by atoms with van der Waals surface area (Å²) in [5, 5.41) is 0. The van der Waals surface area contributed by atoms with Crippen molar-refractivity contribution in [2.75, 3.05) is 0 Å². The predicted molar refractivity (Wildman–Crippen MR) is 52.1 cm³/mol. The lowest BCUT2D eigenvalue weighted by Crippen LogP contribution is -2.03. The summed E-state index contributed by atoms with van der Waals surface area (Å²) in [5.74, 6) is 1.40. The van der Waals surface area contributed by atoms with Crippen molar-refractivity contribution < 1.29 is 0 Å². The van der Waals surface area contributed by atoms with Crippen LogP contribution in [0.4, 0.5) is 0 Å². The second-order valence-corrected chi connectivity index (χ2v) is 3.71. The van der Waals surface area contributed by atoms with Crippen LogP contribution in [0, 0.1) is 25.7 Å². The average Bonchev–Trinajstić information content (AvgIpc) is 1.97. The molecule has 1 unspecified atom stereocenters. The van der Waals surface area contributed by atoms with Gasteiger partial charge in [-0.2, -0.15) is 0 Å². The molecular weight excluding hydrogens is 132 g/mol. The molecule has 2 radical (unpaired) electrons. The van der Waals surface area contributed by atoms with E-state index in [0.717, 1.165) is 12.3 Å². The van der Waals surface area contributed by atoms with Crippen LogP contribution >= 0.6 is 0 Å². The molecule has 0 aromatic carbocycles. The fraction of sp³-hybridized carbons (Fsp3) is 0.818. The summed E-state index contributed by atoms with van der Waals surface area (Å²) in [7, 11) is 0. The maximum Gasteiger partial charge on any atom is -0.0391 e. The van der Waals surface area contributed by atoms with Gasteiger partial charge in [0, 0.05) is 0 Å². The van der Waals surface area contributed by atoms with Gasteiger partial charge in [0.25, 0.3) is 0 Å². The first-order valence-corrected chi connectivity index (χ1v) is 4.80. The Kier molecular flexibility index (Phi) is 6.69. The lowest BCUT2D eigenvalue weighted by molar-refractivity contribution is 0.413. The van der Waals surface area contributed by atoms with Crippen molar-refractivity contribution in [3.8, 4) is 0 Å². The van der Waals surface area contributed by atoms with E-state index in [0.29, 0.717) is 5.92 Å². The molecule has 0 rings (SSSR count). The average molecular weight is 154 g/mol. The largest absolute Gasteiger partial charge is 0.0625 e. The van der Waals surface area contributed by atoms with Gasteiger partial charge in [-0.3, -0.25) is 0 Å². The van der Waals surface area contributed by atoms with Gasteiger partial charge in [-0.1, -0.05) is 52.9 Å². The second-order valence-electron chi connectivity index (χ2n) is 3.71. The van der Waals surface area contributed by atoms with Gasteiger partial charge in [0.05, 0.1) is 0 Å². The van der Waals surface area contributed by atoms with E-state index in [4.69, 9.17) is 0 Å². The summed E-state index contributed by atoms with van der Waals surface area (Å²) in [6, 6.07) is 0. The molecule has 0 aliphatic heterocycles. The van der Waals surface area contributed by atoms with Crippen LogP contribution in [0.2, 0.25) is 0 Å². The maximum absolute atomic E-state index is 4.12. The monoisotopic (exact) mass is 154 g/mol. The normalized spacial score (nSPS) is 13.9. The van der Waals surface area contributed by atoms with Gasteiger partial charge in [-0.15, -0.1) is 0 Å². The molecule has 0 saturated carbocycles. The number of rotatable bonds is 6. The third-order valence-corrected chi connectivity index (χ3v) is 2.27. The summed E-state index contributed by atoms with van der Waals surface area (Å²) in [4.78, 5) is 0. The molecule has 11 heavy (non-hydrogen) atoms. The van der Waals surface area contributed by atoms with E-state index in [1.807, 2.05) is 0 Å². The van der Waals surface area contributed by atoms with Crippen LogP contribution in [-0.4, -0.2) is 0 Å². The van der Waals surface area contributed by atoms with Crippen molar-refractivity contribution in [1.82, 2.24) is 0 Å². The van der Waals surface area contributed by atoms with Crippen LogP contribution in [0.1, 0.15) is 46.0 Å². The van der Waals surface area contributed by atoms with E-state index in [2.05, 4.69) is 27.7 Å². The van der Waals surface area contributed by atoms with E-state index < -0.39 is 0 Å². The molecule has 0 aliphatic rings. The smallest absolute Gasteiger partial charge is 0.0391 e. The van der Waals surface area contributed by atoms with Crippen LogP contribution in [-0.2, 0) is 0 Å². The molecule has 0 spiro atoms. The maximum atomic E-state index is 4.12. The molecule has 0 N–H and O–H groups in total. The third-order valence-electron chi connectivity index (χ3n) is 2.27.